The van der Waals surface area contributed by atoms with Gasteiger partial charge in [-0.15, -0.1) is 0 Å². The van der Waals surface area contributed by atoms with Gasteiger partial charge in [-0.3, -0.25) is 24.2 Å². The van der Waals surface area contributed by atoms with E-state index in [2.05, 4.69) is 28.7 Å². The van der Waals surface area contributed by atoms with Crippen molar-refractivity contribution in [3.63, 3.8) is 0 Å². The molecule has 0 spiro atoms. The molecular formula is C27H30N4O5S. The molecule has 0 bridgehead atoms. The van der Waals surface area contributed by atoms with Crippen LogP contribution >= 0.6 is 12.2 Å². The number of likely N-dealkylation sites (N-methyl/N-ethyl adjacent to an activating group) is 1. The highest BCUT2D eigenvalue weighted by molar-refractivity contribution is 7.71. The smallest absolute Gasteiger partial charge is 0.264 e. The summed E-state index contributed by atoms with van der Waals surface area (Å²) in [6.07, 6.45) is 2.25. The maximum absolute atomic E-state index is 12.7. The molecule has 0 amide bonds. The zero-order valence-electron chi connectivity index (χ0n) is 21.3. The summed E-state index contributed by atoms with van der Waals surface area (Å²) in [5.41, 5.74) is 3.48. The molecule has 37 heavy (non-hydrogen) atoms. The predicted molar refractivity (Wildman–Crippen MR) is 144 cm³/mol. The highest BCUT2D eigenvalue weighted by atomic mass is 32.1. The van der Waals surface area contributed by atoms with Crippen LogP contribution in [0.1, 0.15) is 48.1 Å². The second-order valence-corrected chi connectivity index (χ2v) is 9.92. The van der Waals surface area contributed by atoms with Gasteiger partial charge >= 0.3 is 0 Å². The largest absolute Gasteiger partial charge is 0.494 e. The summed E-state index contributed by atoms with van der Waals surface area (Å²) in [5, 5.41) is 11.0. The van der Waals surface area contributed by atoms with Gasteiger partial charge in [0.25, 0.3) is 5.56 Å². The first-order chi connectivity index (χ1) is 17.8. The number of aromatic hydroxyl groups is 1. The lowest BCUT2D eigenvalue weighted by atomic mass is 9.91. The van der Waals surface area contributed by atoms with E-state index in [1.165, 1.54) is 10.8 Å². The van der Waals surface area contributed by atoms with Gasteiger partial charge in [-0.25, -0.2) is 0 Å². The van der Waals surface area contributed by atoms with Crippen molar-refractivity contribution in [2.24, 2.45) is 4.99 Å². The van der Waals surface area contributed by atoms with Crippen LogP contribution in [0.3, 0.4) is 0 Å². The number of benzene rings is 2. The topological polar surface area (TPSA) is 101 Å². The first-order valence-electron chi connectivity index (χ1n) is 12.2. The molecule has 0 saturated heterocycles. The summed E-state index contributed by atoms with van der Waals surface area (Å²) >= 11 is 5.35. The number of aromatic nitrogens is 2. The lowest BCUT2D eigenvalue weighted by Gasteiger charge is -2.35. The first-order valence-corrected chi connectivity index (χ1v) is 12.6. The van der Waals surface area contributed by atoms with E-state index in [-0.39, 0.29) is 29.0 Å². The molecule has 0 unspecified atom stereocenters. The standard InChI is InChI=1S/C27H30N4O5S/c1-15(2)16-5-7-18(8-6-16)31-26(33)19(25(32)29-27(31)37)12-28-13-20-22-17(9-10-30(20)3)11-21-23(24(22)34-4)36-14-35-21/h5-8,11-12,15,20,33H,9-10,13-14H2,1-4H3,(H,29,32,37)/t20-/m1/s1. The Labute approximate surface area is 220 Å². The number of rotatable bonds is 6. The fourth-order valence-corrected chi connectivity index (χ4v) is 5.19. The van der Waals surface area contributed by atoms with Crippen molar-refractivity contribution in [1.29, 1.82) is 0 Å². The molecule has 2 N–H and O–H groups in total. The number of methoxy groups -OCH3 is 1. The number of aromatic amines is 1. The Morgan fingerprint density at radius 3 is 2.76 bits per heavy atom. The third kappa shape index (κ3) is 4.51. The van der Waals surface area contributed by atoms with Crippen molar-refractivity contribution >= 4 is 18.4 Å². The molecule has 2 aliphatic rings. The van der Waals surface area contributed by atoms with Crippen molar-refractivity contribution in [3.05, 3.63) is 67.7 Å². The number of H-pyrrole nitrogens is 1. The van der Waals surface area contributed by atoms with Gasteiger partial charge < -0.3 is 19.3 Å². The molecule has 0 saturated carbocycles. The summed E-state index contributed by atoms with van der Waals surface area (Å²) in [6, 6.07) is 9.60. The van der Waals surface area contributed by atoms with Crippen molar-refractivity contribution < 1.29 is 19.3 Å². The molecule has 0 radical (unpaired) electrons. The average Bonchev–Trinajstić information content (AvgIpc) is 3.34. The Balaban J connectivity index is 1.48. The maximum Gasteiger partial charge on any atom is 0.264 e. The molecule has 3 heterocycles. The van der Waals surface area contributed by atoms with E-state index in [0.717, 1.165) is 29.7 Å². The van der Waals surface area contributed by atoms with E-state index >= 15 is 0 Å². The number of aliphatic imine (C=N–C) groups is 1. The van der Waals surface area contributed by atoms with Crippen LogP contribution in [0.5, 0.6) is 23.1 Å². The van der Waals surface area contributed by atoms with Crippen molar-refractivity contribution in [2.75, 3.05) is 34.0 Å². The van der Waals surface area contributed by atoms with E-state index in [4.69, 9.17) is 26.4 Å². The summed E-state index contributed by atoms with van der Waals surface area (Å²) in [6.45, 7) is 5.56. The monoisotopic (exact) mass is 522 g/mol. The van der Waals surface area contributed by atoms with E-state index in [1.54, 1.807) is 7.11 Å². The molecule has 0 aliphatic carbocycles. The molecule has 1 atom stereocenters. The molecule has 5 rings (SSSR count). The Morgan fingerprint density at radius 2 is 2.05 bits per heavy atom. The summed E-state index contributed by atoms with van der Waals surface area (Å²) in [7, 11) is 3.64. The molecular weight excluding hydrogens is 492 g/mol. The molecule has 2 aliphatic heterocycles. The molecule has 2 aromatic carbocycles. The second-order valence-electron chi connectivity index (χ2n) is 9.54. The van der Waals surface area contributed by atoms with Crippen LogP contribution in [-0.4, -0.2) is 59.8 Å². The van der Waals surface area contributed by atoms with Gasteiger partial charge in [-0.05, 0) is 60.9 Å². The van der Waals surface area contributed by atoms with E-state index in [0.29, 0.717) is 35.4 Å². The van der Waals surface area contributed by atoms with E-state index < -0.39 is 5.56 Å². The molecule has 10 heteroatoms. The SMILES string of the molecule is COc1c2c(cc3c1[C@@H](CN=Cc1c(O)n(-c4ccc(C(C)C)cc4)c(=S)[nH]c1=O)N(C)CC3)OCO2. The number of fused-ring (bicyclic) bond motifs is 2. The van der Waals surface area contributed by atoms with Gasteiger partial charge in [-0.1, -0.05) is 26.0 Å². The molecule has 0 fully saturated rings. The second kappa shape index (κ2) is 10.0. The minimum atomic E-state index is -0.500. The number of hydrogen-bond donors (Lipinski definition) is 2. The number of hydrogen-bond acceptors (Lipinski definition) is 8. The zero-order valence-corrected chi connectivity index (χ0v) is 22.1. The van der Waals surface area contributed by atoms with Gasteiger partial charge in [0.2, 0.25) is 18.4 Å². The Morgan fingerprint density at radius 1 is 1.30 bits per heavy atom. The predicted octanol–water partition coefficient (Wildman–Crippen LogP) is 4.11. The van der Waals surface area contributed by atoms with Gasteiger partial charge in [0, 0.05) is 18.3 Å². The van der Waals surface area contributed by atoms with Crippen LogP contribution in [-0.2, 0) is 6.42 Å². The molecule has 1 aromatic heterocycles. The van der Waals surface area contributed by atoms with Gasteiger partial charge in [-0.2, -0.15) is 0 Å². The summed E-state index contributed by atoms with van der Waals surface area (Å²) < 4.78 is 18.5. The average molecular weight is 523 g/mol. The highest BCUT2D eigenvalue weighted by Gasteiger charge is 2.33. The van der Waals surface area contributed by atoms with Crippen molar-refractivity contribution in [2.45, 2.75) is 32.2 Å². The van der Waals surface area contributed by atoms with Crippen LogP contribution in [0.15, 0.2) is 40.1 Å². The van der Waals surface area contributed by atoms with Crippen LogP contribution in [0.25, 0.3) is 5.69 Å². The van der Waals surface area contributed by atoms with E-state index in [1.807, 2.05) is 37.4 Å². The molecule has 194 valence electrons. The zero-order chi connectivity index (χ0) is 26.3. The summed E-state index contributed by atoms with van der Waals surface area (Å²) in [4.78, 5) is 22.1. The highest BCUT2D eigenvalue weighted by Crippen LogP contribution is 2.49. The van der Waals surface area contributed by atoms with Crippen molar-refractivity contribution in [1.82, 2.24) is 14.5 Å². The number of ether oxygens (including phenoxy) is 3. The van der Waals surface area contributed by atoms with Gasteiger partial charge in [0.05, 0.1) is 25.4 Å². The lowest BCUT2D eigenvalue weighted by Crippen LogP contribution is -2.34. The van der Waals surface area contributed by atoms with Gasteiger partial charge in [0.1, 0.15) is 5.56 Å². The van der Waals surface area contributed by atoms with Gasteiger partial charge in [0.15, 0.2) is 16.3 Å². The minimum absolute atomic E-state index is 0.0397. The van der Waals surface area contributed by atoms with E-state index in [9.17, 15) is 9.90 Å². The van der Waals surface area contributed by atoms with Crippen LogP contribution in [0.4, 0.5) is 0 Å². The van der Waals surface area contributed by atoms with Crippen molar-refractivity contribution in [3.8, 4) is 28.8 Å². The summed E-state index contributed by atoms with van der Waals surface area (Å²) in [5.74, 6) is 2.05. The Bertz CT molecular complexity index is 1480. The normalized spacial score (nSPS) is 16.9. The fraction of sp³-hybridized carbons (Fsp3) is 0.370. The number of nitrogens with one attached hydrogen (secondary N) is 1. The van der Waals surface area contributed by atoms with Crippen LogP contribution in [0, 0.1) is 4.77 Å². The quantitative estimate of drug-likeness (QED) is 0.371. The lowest BCUT2D eigenvalue weighted by molar-refractivity contribution is 0.170. The Hall–Kier alpha value is -3.63. The minimum Gasteiger partial charge on any atom is -0.494 e. The fourth-order valence-electron chi connectivity index (χ4n) is 4.90. The Kier molecular flexibility index (Phi) is 6.78. The van der Waals surface area contributed by atoms with Crippen LogP contribution < -0.4 is 19.8 Å². The molecule has 9 nitrogen and oxygen atoms in total. The third-order valence-corrected chi connectivity index (χ3v) is 7.27. The van der Waals surface area contributed by atoms with Crippen LogP contribution in [0.2, 0.25) is 0 Å². The number of nitrogens with zero attached hydrogens (tertiary/aromatic N) is 3. The first kappa shape index (κ1) is 25.0. The third-order valence-electron chi connectivity index (χ3n) is 6.98. The maximum atomic E-state index is 12.7. The molecule has 3 aromatic rings.